The summed E-state index contributed by atoms with van der Waals surface area (Å²) in [6.45, 7) is 3.69. The lowest BCUT2D eigenvalue weighted by Crippen LogP contribution is -2.20. The van der Waals surface area contributed by atoms with Crippen LogP contribution in [0.1, 0.15) is 12.7 Å². The predicted molar refractivity (Wildman–Crippen MR) is 57.2 cm³/mol. The molecule has 1 heterocycles. The molecule has 0 aliphatic rings. The van der Waals surface area contributed by atoms with Gasteiger partial charge in [-0.2, -0.15) is 0 Å². The largest absolute Gasteiger partial charge is 0.321 e. The number of halogens is 1. The van der Waals surface area contributed by atoms with E-state index in [1.807, 2.05) is 18.5 Å². The van der Waals surface area contributed by atoms with Gasteiger partial charge in [-0.3, -0.25) is 0 Å². The second-order valence-corrected chi connectivity index (χ2v) is 3.46. The molecule has 0 unspecified atom stereocenters. The molecular weight excluding hydrogens is 200 g/mol. The summed E-state index contributed by atoms with van der Waals surface area (Å²) in [6, 6.07) is 0. The van der Waals surface area contributed by atoms with Crippen molar-refractivity contribution in [1.82, 2.24) is 20.1 Å². The van der Waals surface area contributed by atoms with Crippen LogP contribution in [0.3, 0.4) is 0 Å². The Hall–Kier alpha value is -0.870. The van der Waals surface area contributed by atoms with E-state index in [0.717, 1.165) is 30.9 Å². The maximum absolute atomic E-state index is 5.53. The SMILES string of the molecule is CC(=CCl)CNCCc1nncn1C. The van der Waals surface area contributed by atoms with Gasteiger partial charge in [0.05, 0.1) is 0 Å². The fraction of sp³-hybridized carbons (Fsp3) is 0.556. The average Bonchev–Trinajstić information content (AvgIpc) is 2.58. The molecule has 0 atom stereocenters. The van der Waals surface area contributed by atoms with E-state index in [0.29, 0.717) is 0 Å². The number of hydrogen-bond acceptors (Lipinski definition) is 3. The third-order valence-electron chi connectivity index (χ3n) is 1.92. The van der Waals surface area contributed by atoms with Crippen molar-refractivity contribution in [1.29, 1.82) is 0 Å². The second kappa shape index (κ2) is 5.78. The Balaban J connectivity index is 2.20. The summed E-state index contributed by atoms with van der Waals surface area (Å²) in [5.74, 6) is 0.991. The molecule has 0 fully saturated rings. The van der Waals surface area contributed by atoms with Crippen molar-refractivity contribution in [2.45, 2.75) is 13.3 Å². The van der Waals surface area contributed by atoms with Gasteiger partial charge < -0.3 is 9.88 Å². The Bertz CT molecular complexity index is 306. The van der Waals surface area contributed by atoms with Gasteiger partial charge >= 0.3 is 0 Å². The highest BCUT2D eigenvalue weighted by molar-refractivity contribution is 6.25. The summed E-state index contributed by atoms with van der Waals surface area (Å²) in [5.41, 5.74) is 2.72. The molecule has 1 aromatic rings. The van der Waals surface area contributed by atoms with E-state index in [1.54, 1.807) is 11.9 Å². The summed E-state index contributed by atoms with van der Waals surface area (Å²) < 4.78 is 1.92. The summed E-state index contributed by atoms with van der Waals surface area (Å²) in [5, 5.41) is 11.1. The number of hydrogen-bond donors (Lipinski definition) is 1. The molecule has 0 amide bonds. The normalized spacial score (nSPS) is 12.1. The van der Waals surface area contributed by atoms with Crippen LogP contribution in [0.15, 0.2) is 17.4 Å². The van der Waals surface area contributed by atoms with Crippen LogP contribution in [0.4, 0.5) is 0 Å². The number of aryl methyl sites for hydroxylation is 1. The summed E-state index contributed by atoms with van der Waals surface area (Å²) in [4.78, 5) is 0. The third-order valence-corrected chi connectivity index (χ3v) is 2.29. The van der Waals surface area contributed by atoms with Gasteiger partial charge in [-0.05, 0) is 12.5 Å². The molecule has 0 radical (unpaired) electrons. The Morgan fingerprint density at radius 3 is 3.07 bits per heavy atom. The van der Waals surface area contributed by atoms with Crippen molar-refractivity contribution in [3.05, 3.63) is 23.3 Å². The highest BCUT2D eigenvalue weighted by Gasteiger charge is 1.98. The Kier molecular flexibility index (Phi) is 4.62. The first-order valence-corrected chi connectivity index (χ1v) is 4.97. The number of nitrogens with one attached hydrogen (secondary N) is 1. The maximum atomic E-state index is 5.53. The molecule has 0 aromatic carbocycles. The average molecular weight is 215 g/mol. The highest BCUT2D eigenvalue weighted by Crippen LogP contribution is 1.94. The van der Waals surface area contributed by atoms with Crippen LogP contribution >= 0.6 is 11.6 Å². The molecule has 0 bridgehead atoms. The van der Waals surface area contributed by atoms with Gasteiger partial charge in [-0.25, -0.2) is 0 Å². The van der Waals surface area contributed by atoms with E-state index in [9.17, 15) is 0 Å². The molecular formula is C9H15ClN4. The molecule has 0 saturated carbocycles. The van der Waals surface area contributed by atoms with Gasteiger partial charge in [-0.15, -0.1) is 10.2 Å². The molecule has 5 heteroatoms. The summed E-state index contributed by atoms with van der Waals surface area (Å²) in [7, 11) is 1.94. The van der Waals surface area contributed by atoms with E-state index in [2.05, 4.69) is 15.5 Å². The second-order valence-electron chi connectivity index (χ2n) is 3.24. The van der Waals surface area contributed by atoms with Gasteiger partial charge in [0.25, 0.3) is 0 Å². The minimum atomic E-state index is 0.821. The molecule has 4 nitrogen and oxygen atoms in total. The van der Waals surface area contributed by atoms with Crippen LogP contribution in [-0.4, -0.2) is 27.9 Å². The number of aromatic nitrogens is 3. The Labute approximate surface area is 89.0 Å². The van der Waals surface area contributed by atoms with Crippen molar-refractivity contribution in [2.24, 2.45) is 7.05 Å². The van der Waals surface area contributed by atoms with Crippen molar-refractivity contribution in [2.75, 3.05) is 13.1 Å². The summed E-state index contributed by atoms with van der Waals surface area (Å²) >= 11 is 5.53. The minimum Gasteiger partial charge on any atom is -0.321 e. The number of rotatable bonds is 5. The maximum Gasteiger partial charge on any atom is 0.133 e. The predicted octanol–water partition coefficient (Wildman–Crippen LogP) is 1.09. The summed E-state index contributed by atoms with van der Waals surface area (Å²) in [6.07, 6.45) is 2.59. The highest BCUT2D eigenvalue weighted by atomic mass is 35.5. The zero-order chi connectivity index (χ0) is 10.4. The van der Waals surface area contributed by atoms with Crippen LogP contribution in [0, 0.1) is 0 Å². The fourth-order valence-electron chi connectivity index (χ4n) is 1.06. The molecule has 0 spiro atoms. The lowest BCUT2D eigenvalue weighted by molar-refractivity contribution is 0.682. The molecule has 1 rings (SSSR count). The Morgan fingerprint density at radius 1 is 1.71 bits per heavy atom. The molecule has 14 heavy (non-hydrogen) atoms. The molecule has 1 aromatic heterocycles. The van der Waals surface area contributed by atoms with Crippen molar-refractivity contribution in [3.8, 4) is 0 Å². The molecule has 0 saturated heterocycles. The smallest absolute Gasteiger partial charge is 0.133 e. The van der Waals surface area contributed by atoms with E-state index in [4.69, 9.17) is 11.6 Å². The number of nitrogens with zero attached hydrogens (tertiary/aromatic N) is 3. The lowest BCUT2D eigenvalue weighted by atomic mass is 10.3. The van der Waals surface area contributed by atoms with Crippen molar-refractivity contribution in [3.63, 3.8) is 0 Å². The van der Waals surface area contributed by atoms with Crippen LogP contribution in [0.2, 0.25) is 0 Å². The van der Waals surface area contributed by atoms with E-state index < -0.39 is 0 Å². The topological polar surface area (TPSA) is 42.7 Å². The minimum absolute atomic E-state index is 0.821. The van der Waals surface area contributed by atoms with Crippen LogP contribution in [-0.2, 0) is 13.5 Å². The van der Waals surface area contributed by atoms with Crippen LogP contribution in [0.5, 0.6) is 0 Å². The van der Waals surface area contributed by atoms with E-state index >= 15 is 0 Å². The van der Waals surface area contributed by atoms with Gasteiger partial charge in [0.15, 0.2) is 0 Å². The van der Waals surface area contributed by atoms with Crippen LogP contribution in [0.25, 0.3) is 0 Å². The van der Waals surface area contributed by atoms with Gasteiger partial charge in [-0.1, -0.05) is 11.6 Å². The van der Waals surface area contributed by atoms with E-state index in [-0.39, 0.29) is 0 Å². The monoisotopic (exact) mass is 214 g/mol. The first kappa shape index (κ1) is 11.2. The molecule has 0 aliphatic carbocycles. The van der Waals surface area contributed by atoms with Crippen LogP contribution < -0.4 is 5.32 Å². The van der Waals surface area contributed by atoms with Crippen molar-refractivity contribution < 1.29 is 0 Å². The molecule has 1 N–H and O–H groups in total. The lowest BCUT2D eigenvalue weighted by Gasteiger charge is -2.03. The third kappa shape index (κ3) is 3.47. The zero-order valence-corrected chi connectivity index (χ0v) is 9.25. The van der Waals surface area contributed by atoms with Crippen molar-refractivity contribution >= 4 is 11.6 Å². The first-order valence-electron chi connectivity index (χ1n) is 4.53. The quantitative estimate of drug-likeness (QED) is 0.747. The Morgan fingerprint density at radius 2 is 2.50 bits per heavy atom. The van der Waals surface area contributed by atoms with E-state index in [1.165, 1.54) is 0 Å². The van der Waals surface area contributed by atoms with Gasteiger partial charge in [0.1, 0.15) is 12.2 Å². The zero-order valence-electron chi connectivity index (χ0n) is 8.50. The first-order chi connectivity index (χ1) is 6.74. The standard InChI is InChI=1S/C9H15ClN4/c1-8(5-10)6-11-4-3-9-13-12-7-14(9)2/h5,7,11H,3-4,6H2,1-2H3. The molecule has 0 aliphatic heterocycles. The molecule has 78 valence electrons. The fourth-order valence-corrected chi connectivity index (χ4v) is 1.13. The van der Waals surface area contributed by atoms with Gasteiger partial charge in [0, 0.05) is 32.1 Å². The van der Waals surface area contributed by atoms with Gasteiger partial charge in [0.2, 0.25) is 0 Å².